The fourth-order valence-electron chi connectivity index (χ4n) is 2.95. The van der Waals surface area contributed by atoms with E-state index in [0.29, 0.717) is 29.8 Å². The molecule has 1 heterocycles. The van der Waals surface area contributed by atoms with E-state index in [1.807, 2.05) is 30.3 Å². The molecule has 0 spiro atoms. The molecule has 0 saturated heterocycles. The highest BCUT2D eigenvalue weighted by Gasteiger charge is 2.21. The predicted molar refractivity (Wildman–Crippen MR) is 106 cm³/mol. The Hall–Kier alpha value is -3.48. The predicted octanol–water partition coefficient (Wildman–Crippen LogP) is 2.86. The number of nitrogens with zero attached hydrogens (tertiary/aromatic N) is 1. The molecule has 0 radical (unpaired) electrons. The Balaban J connectivity index is 1.55. The zero-order valence-corrected chi connectivity index (χ0v) is 16.3. The van der Waals surface area contributed by atoms with Crippen molar-refractivity contribution in [2.45, 2.75) is 32.8 Å². The molecule has 0 unspecified atom stereocenters. The van der Waals surface area contributed by atoms with E-state index in [2.05, 4.69) is 10.5 Å². The molecule has 0 aliphatic carbocycles. The van der Waals surface area contributed by atoms with Crippen LogP contribution in [0.4, 0.5) is 0 Å². The summed E-state index contributed by atoms with van der Waals surface area (Å²) in [5, 5.41) is 7.38. The molecule has 1 N–H and O–H groups in total. The molecule has 0 aliphatic rings. The highest BCUT2D eigenvalue weighted by atomic mass is 16.5. The van der Waals surface area contributed by atoms with E-state index >= 15 is 0 Å². The Kier molecular flexibility index (Phi) is 6.39. The van der Waals surface area contributed by atoms with Gasteiger partial charge in [-0.1, -0.05) is 41.6 Å². The Bertz CT molecular complexity index is 1020. The maximum absolute atomic E-state index is 12.5. The van der Waals surface area contributed by atoms with Crippen molar-refractivity contribution in [1.29, 1.82) is 0 Å². The number of aromatic nitrogens is 1. The van der Waals surface area contributed by atoms with Crippen LogP contribution in [0, 0.1) is 0 Å². The van der Waals surface area contributed by atoms with Gasteiger partial charge in [0.1, 0.15) is 5.69 Å². The molecule has 2 aromatic carbocycles. The van der Waals surface area contributed by atoms with Crippen molar-refractivity contribution in [3.8, 4) is 0 Å². The van der Waals surface area contributed by atoms with Crippen LogP contribution >= 0.6 is 0 Å². The summed E-state index contributed by atoms with van der Waals surface area (Å²) in [6, 6.07) is 14.3. The van der Waals surface area contributed by atoms with Crippen molar-refractivity contribution >= 4 is 28.6 Å². The second-order valence-corrected chi connectivity index (χ2v) is 6.73. The molecule has 7 heteroatoms. The number of Topliss-reactive ketones (excluding diaryl/α,β-unsaturated/α-hetero) is 1. The SMILES string of the molecule is CC(=O)NCCc1ccc(C(=O)[C@@H](C)OC(=O)Cc2noc3ccccc23)cc1. The summed E-state index contributed by atoms with van der Waals surface area (Å²) < 4.78 is 10.5. The van der Waals surface area contributed by atoms with Gasteiger partial charge in [0.15, 0.2) is 11.7 Å². The van der Waals surface area contributed by atoms with E-state index in [-0.39, 0.29) is 18.1 Å². The van der Waals surface area contributed by atoms with Gasteiger partial charge in [0.25, 0.3) is 0 Å². The van der Waals surface area contributed by atoms with E-state index in [4.69, 9.17) is 9.26 Å². The number of rotatable bonds is 8. The van der Waals surface area contributed by atoms with Crippen LogP contribution in [-0.2, 0) is 27.2 Å². The van der Waals surface area contributed by atoms with Crippen LogP contribution in [0.3, 0.4) is 0 Å². The van der Waals surface area contributed by atoms with Crippen molar-refractivity contribution in [3.63, 3.8) is 0 Å². The average Bonchev–Trinajstić information content (AvgIpc) is 3.10. The second-order valence-electron chi connectivity index (χ2n) is 6.73. The summed E-state index contributed by atoms with van der Waals surface area (Å²) in [6.45, 7) is 3.55. The lowest BCUT2D eigenvalue weighted by Crippen LogP contribution is -2.25. The molecule has 3 aromatic rings. The lowest BCUT2D eigenvalue weighted by Gasteiger charge is -2.12. The first-order valence-electron chi connectivity index (χ1n) is 9.34. The number of carbonyl (C=O) groups excluding carboxylic acids is 3. The number of para-hydroxylation sites is 1. The van der Waals surface area contributed by atoms with Crippen LogP contribution in [0.1, 0.15) is 35.5 Å². The Morgan fingerprint density at radius 1 is 1.10 bits per heavy atom. The van der Waals surface area contributed by atoms with Gasteiger partial charge in [-0.2, -0.15) is 0 Å². The van der Waals surface area contributed by atoms with Crippen LogP contribution in [0.25, 0.3) is 11.0 Å². The van der Waals surface area contributed by atoms with Gasteiger partial charge < -0.3 is 14.6 Å². The summed E-state index contributed by atoms with van der Waals surface area (Å²) in [5.74, 6) is -0.903. The fraction of sp³-hybridized carbons (Fsp3) is 0.273. The molecule has 1 atom stereocenters. The minimum absolute atomic E-state index is 0.0727. The minimum atomic E-state index is -0.911. The topological polar surface area (TPSA) is 98.5 Å². The molecular formula is C22H22N2O5. The van der Waals surface area contributed by atoms with Crippen molar-refractivity contribution in [1.82, 2.24) is 10.5 Å². The number of ketones is 1. The number of nitrogens with one attached hydrogen (secondary N) is 1. The first-order valence-corrected chi connectivity index (χ1v) is 9.34. The maximum atomic E-state index is 12.5. The molecule has 3 rings (SSSR count). The molecule has 0 saturated carbocycles. The summed E-state index contributed by atoms with van der Waals surface area (Å²) >= 11 is 0. The lowest BCUT2D eigenvalue weighted by atomic mass is 10.0. The Morgan fingerprint density at radius 3 is 2.55 bits per heavy atom. The molecule has 0 fully saturated rings. The van der Waals surface area contributed by atoms with E-state index in [9.17, 15) is 14.4 Å². The summed E-state index contributed by atoms with van der Waals surface area (Å²) in [5.41, 5.74) is 2.53. The third kappa shape index (κ3) is 5.28. The van der Waals surface area contributed by atoms with E-state index in [1.54, 1.807) is 25.1 Å². The standard InChI is InChI=1S/C22H22N2O5/c1-14(22(27)17-9-7-16(8-10-17)11-12-23-15(2)25)28-21(26)13-19-18-5-3-4-6-20(18)29-24-19/h3-10,14H,11-13H2,1-2H3,(H,23,25)/t14-/m1/s1. The summed E-state index contributed by atoms with van der Waals surface area (Å²) in [6.07, 6.45) is -0.313. The van der Waals surface area contributed by atoms with Gasteiger partial charge in [0, 0.05) is 24.4 Å². The van der Waals surface area contributed by atoms with E-state index in [1.165, 1.54) is 6.92 Å². The number of fused-ring (bicyclic) bond motifs is 1. The zero-order chi connectivity index (χ0) is 20.8. The van der Waals surface area contributed by atoms with Gasteiger partial charge in [-0.05, 0) is 31.0 Å². The molecule has 1 amide bonds. The largest absolute Gasteiger partial charge is 0.454 e. The molecule has 0 aliphatic heterocycles. The van der Waals surface area contributed by atoms with E-state index < -0.39 is 12.1 Å². The smallest absolute Gasteiger partial charge is 0.312 e. The number of amides is 1. The highest BCUT2D eigenvalue weighted by Crippen LogP contribution is 2.19. The normalized spacial score (nSPS) is 11.8. The molecule has 1 aromatic heterocycles. The van der Waals surface area contributed by atoms with Gasteiger partial charge in [-0.15, -0.1) is 0 Å². The first kappa shape index (κ1) is 20.3. The van der Waals surface area contributed by atoms with Crippen LogP contribution in [0.15, 0.2) is 53.1 Å². The Labute approximate surface area is 168 Å². The number of esters is 1. The third-order valence-electron chi connectivity index (χ3n) is 4.47. The Morgan fingerprint density at radius 2 is 1.83 bits per heavy atom. The van der Waals surface area contributed by atoms with Gasteiger partial charge in [0.05, 0.1) is 6.42 Å². The molecule has 150 valence electrons. The van der Waals surface area contributed by atoms with Gasteiger partial charge >= 0.3 is 5.97 Å². The average molecular weight is 394 g/mol. The third-order valence-corrected chi connectivity index (χ3v) is 4.47. The fourth-order valence-corrected chi connectivity index (χ4v) is 2.95. The second kappa shape index (κ2) is 9.14. The maximum Gasteiger partial charge on any atom is 0.312 e. The van der Waals surface area contributed by atoms with Crippen LogP contribution in [0.5, 0.6) is 0 Å². The lowest BCUT2D eigenvalue weighted by molar-refractivity contribution is -0.145. The van der Waals surface area contributed by atoms with Gasteiger partial charge in [-0.25, -0.2) is 0 Å². The molecule has 7 nitrogen and oxygen atoms in total. The van der Waals surface area contributed by atoms with E-state index in [0.717, 1.165) is 10.9 Å². The summed E-state index contributed by atoms with van der Waals surface area (Å²) in [7, 11) is 0. The minimum Gasteiger partial charge on any atom is -0.454 e. The van der Waals surface area contributed by atoms with Crippen molar-refractivity contribution < 1.29 is 23.6 Å². The highest BCUT2D eigenvalue weighted by molar-refractivity contribution is 6.00. The first-order chi connectivity index (χ1) is 13.9. The van der Waals surface area contributed by atoms with Crippen molar-refractivity contribution in [3.05, 3.63) is 65.4 Å². The zero-order valence-electron chi connectivity index (χ0n) is 16.3. The van der Waals surface area contributed by atoms with Crippen LogP contribution in [0.2, 0.25) is 0 Å². The van der Waals surface area contributed by atoms with Crippen molar-refractivity contribution in [2.75, 3.05) is 6.54 Å². The number of hydrogen-bond donors (Lipinski definition) is 1. The summed E-state index contributed by atoms with van der Waals surface area (Å²) in [4.78, 5) is 35.7. The number of ether oxygens (including phenoxy) is 1. The quantitative estimate of drug-likeness (QED) is 0.466. The van der Waals surface area contributed by atoms with Crippen LogP contribution < -0.4 is 5.32 Å². The van der Waals surface area contributed by atoms with Crippen LogP contribution in [-0.4, -0.2) is 35.5 Å². The molecule has 0 bridgehead atoms. The van der Waals surface area contributed by atoms with Gasteiger partial charge in [-0.3, -0.25) is 14.4 Å². The van der Waals surface area contributed by atoms with Crippen molar-refractivity contribution in [2.24, 2.45) is 0 Å². The molecule has 29 heavy (non-hydrogen) atoms. The molecular weight excluding hydrogens is 372 g/mol. The number of benzene rings is 2. The monoisotopic (exact) mass is 394 g/mol. The number of carbonyl (C=O) groups is 3. The number of hydrogen-bond acceptors (Lipinski definition) is 6. The van der Waals surface area contributed by atoms with Gasteiger partial charge in [0.2, 0.25) is 11.7 Å².